The van der Waals surface area contributed by atoms with Crippen LogP contribution in [0.5, 0.6) is 0 Å². The van der Waals surface area contributed by atoms with Crippen LogP contribution < -0.4 is 9.62 Å². The number of ether oxygens (including phenoxy) is 1. The van der Waals surface area contributed by atoms with Gasteiger partial charge in [0.15, 0.2) is 0 Å². The lowest BCUT2D eigenvalue weighted by atomic mass is 9.93. The van der Waals surface area contributed by atoms with E-state index < -0.39 is 16.0 Å². The topological polar surface area (TPSA) is 75.7 Å². The molecule has 1 aromatic rings. The maximum atomic E-state index is 12.1. The molecule has 24 heavy (non-hydrogen) atoms. The Balaban J connectivity index is 1.89. The highest BCUT2D eigenvalue weighted by Crippen LogP contribution is 2.54. The summed E-state index contributed by atoms with van der Waals surface area (Å²) in [6.07, 6.45) is 4.86. The Bertz CT molecular complexity index is 731. The van der Waals surface area contributed by atoms with Crippen molar-refractivity contribution in [3.63, 3.8) is 0 Å². The molecule has 7 heteroatoms. The smallest absolute Gasteiger partial charge is 0.339 e. The van der Waals surface area contributed by atoms with Crippen molar-refractivity contribution >= 4 is 27.4 Å². The highest BCUT2D eigenvalue weighted by Gasteiger charge is 2.44. The summed E-state index contributed by atoms with van der Waals surface area (Å²) in [6, 6.07) is 4.98. The number of carbonyl (C=O) groups is 1. The molecule has 1 N–H and O–H groups in total. The highest BCUT2D eigenvalue weighted by molar-refractivity contribution is 7.92. The van der Waals surface area contributed by atoms with Crippen LogP contribution in [0.15, 0.2) is 18.2 Å². The normalized spacial score (nSPS) is 19.2. The Morgan fingerprint density at radius 3 is 2.46 bits per heavy atom. The molecule has 1 saturated carbocycles. The van der Waals surface area contributed by atoms with Gasteiger partial charge in [-0.05, 0) is 56.2 Å². The second kappa shape index (κ2) is 6.27. The minimum absolute atomic E-state index is 0.00726. The number of hydrogen-bond donors (Lipinski definition) is 1. The van der Waals surface area contributed by atoms with Crippen molar-refractivity contribution < 1.29 is 17.9 Å². The molecule has 0 atom stereocenters. The lowest BCUT2D eigenvalue weighted by Crippen LogP contribution is -2.35. The standard InChI is InChI=1S/C17H24N2O4S/c1-3-24(21,22)18-13-4-5-14(16(20)23-2)15(12-13)19-10-8-17(6-7-17)9-11-19/h4-5,12,18H,3,6-11H2,1-2H3. The van der Waals surface area contributed by atoms with Gasteiger partial charge in [0.25, 0.3) is 0 Å². The lowest BCUT2D eigenvalue weighted by molar-refractivity contribution is 0.0601. The highest BCUT2D eigenvalue weighted by atomic mass is 32.2. The van der Waals surface area contributed by atoms with E-state index >= 15 is 0 Å². The fourth-order valence-electron chi connectivity index (χ4n) is 3.29. The number of methoxy groups -OCH3 is 1. The number of nitrogens with one attached hydrogen (secondary N) is 1. The molecular formula is C17H24N2O4S. The lowest BCUT2D eigenvalue weighted by Gasteiger charge is -2.35. The van der Waals surface area contributed by atoms with Crippen molar-refractivity contribution in [3.05, 3.63) is 23.8 Å². The van der Waals surface area contributed by atoms with Crippen LogP contribution in [0.4, 0.5) is 11.4 Å². The van der Waals surface area contributed by atoms with Gasteiger partial charge >= 0.3 is 5.97 Å². The van der Waals surface area contributed by atoms with Gasteiger partial charge in [0.2, 0.25) is 10.0 Å². The van der Waals surface area contributed by atoms with Crippen molar-refractivity contribution in [3.8, 4) is 0 Å². The summed E-state index contributed by atoms with van der Waals surface area (Å²) in [5.74, 6) is -0.394. The number of nitrogens with zero attached hydrogens (tertiary/aromatic N) is 1. The number of hydrogen-bond acceptors (Lipinski definition) is 5. The quantitative estimate of drug-likeness (QED) is 0.825. The maximum Gasteiger partial charge on any atom is 0.339 e. The first-order chi connectivity index (χ1) is 11.4. The summed E-state index contributed by atoms with van der Waals surface area (Å²) < 4.78 is 31.0. The second-order valence-electron chi connectivity index (χ2n) is 6.72. The van der Waals surface area contributed by atoms with Crippen molar-refractivity contribution in [1.29, 1.82) is 0 Å². The zero-order valence-corrected chi connectivity index (χ0v) is 15.0. The molecular weight excluding hydrogens is 328 g/mol. The molecule has 1 aliphatic heterocycles. The Kier molecular flexibility index (Phi) is 4.46. The Morgan fingerprint density at radius 1 is 1.25 bits per heavy atom. The van der Waals surface area contributed by atoms with Gasteiger partial charge in [-0.25, -0.2) is 13.2 Å². The van der Waals surface area contributed by atoms with Crippen molar-refractivity contribution in [2.45, 2.75) is 32.6 Å². The Labute approximate surface area is 143 Å². The number of esters is 1. The SMILES string of the molecule is CCS(=O)(=O)Nc1ccc(C(=O)OC)c(N2CCC3(CC2)CC3)c1. The third kappa shape index (κ3) is 3.50. The predicted octanol–water partition coefficient (Wildman–Crippen LogP) is 2.62. The first kappa shape index (κ1) is 17.1. The molecule has 0 aromatic heterocycles. The fourth-order valence-corrected chi connectivity index (χ4v) is 3.92. The number of carbonyl (C=O) groups excluding carboxylic acids is 1. The van der Waals surface area contributed by atoms with Crippen LogP contribution >= 0.6 is 0 Å². The van der Waals surface area contributed by atoms with Crippen LogP contribution in [0.3, 0.4) is 0 Å². The Hall–Kier alpha value is -1.76. The molecule has 0 amide bonds. The van der Waals surface area contributed by atoms with Gasteiger partial charge in [-0.1, -0.05) is 0 Å². The van der Waals surface area contributed by atoms with Crippen LogP contribution in [0.25, 0.3) is 0 Å². The second-order valence-corrected chi connectivity index (χ2v) is 8.73. The van der Waals surface area contributed by atoms with Crippen LogP contribution in [-0.2, 0) is 14.8 Å². The largest absolute Gasteiger partial charge is 0.465 e. The van der Waals surface area contributed by atoms with Crippen molar-refractivity contribution in [2.24, 2.45) is 5.41 Å². The third-order valence-electron chi connectivity index (χ3n) is 5.18. The maximum absolute atomic E-state index is 12.1. The summed E-state index contributed by atoms with van der Waals surface area (Å²) in [7, 11) is -2.00. The van der Waals surface area contributed by atoms with Crippen LogP contribution in [0, 0.1) is 5.41 Å². The zero-order chi connectivity index (χ0) is 17.4. The van der Waals surface area contributed by atoms with Gasteiger partial charge in [-0.2, -0.15) is 0 Å². The molecule has 1 aromatic carbocycles. The molecule has 2 fully saturated rings. The summed E-state index contributed by atoms with van der Waals surface area (Å²) in [4.78, 5) is 14.2. The molecule has 1 aliphatic carbocycles. The molecule has 0 radical (unpaired) electrons. The van der Waals surface area contributed by atoms with E-state index in [1.54, 1.807) is 25.1 Å². The van der Waals surface area contributed by atoms with Gasteiger partial charge in [0.1, 0.15) is 0 Å². The average Bonchev–Trinajstić information content (AvgIpc) is 3.33. The molecule has 132 valence electrons. The molecule has 6 nitrogen and oxygen atoms in total. The number of anilines is 2. The average molecular weight is 352 g/mol. The molecule has 1 heterocycles. The summed E-state index contributed by atoms with van der Waals surface area (Å²) in [5.41, 5.74) is 2.23. The molecule has 3 rings (SSSR count). The number of sulfonamides is 1. The molecule has 0 unspecified atom stereocenters. The molecule has 1 spiro atoms. The monoisotopic (exact) mass is 352 g/mol. The fraction of sp³-hybridized carbons (Fsp3) is 0.588. The minimum atomic E-state index is -3.35. The van der Waals surface area contributed by atoms with E-state index in [1.165, 1.54) is 20.0 Å². The number of piperidine rings is 1. The van der Waals surface area contributed by atoms with Crippen LogP contribution in [-0.4, -0.2) is 40.3 Å². The molecule has 2 aliphatic rings. The van der Waals surface area contributed by atoms with E-state index in [4.69, 9.17) is 4.74 Å². The van der Waals surface area contributed by atoms with Crippen LogP contribution in [0.1, 0.15) is 43.0 Å². The minimum Gasteiger partial charge on any atom is -0.465 e. The van der Waals surface area contributed by atoms with E-state index in [0.717, 1.165) is 31.6 Å². The number of benzene rings is 1. The van der Waals surface area contributed by atoms with Crippen molar-refractivity contribution in [1.82, 2.24) is 0 Å². The van der Waals surface area contributed by atoms with Gasteiger partial charge in [-0.3, -0.25) is 4.72 Å². The van der Waals surface area contributed by atoms with Gasteiger partial charge in [0.05, 0.1) is 29.8 Å². The number of rotatable bonds is 5. The summed E-state index contributed by atoms with van der Waals surface area (Å²) in [5, 5.41) is 0. The Morgan fingerprint density at radius 2 is 1.92 bits per heavy atom. The van der Waals surface area contributed by atoms with Gasteiger partial charge < -0.3 is 9.64 Å². The van der Waals surface area contributed by atoms with E-state index in [0.29, 0.717) is 16.7 Å². The van der Waals surface area contributed by atoms with E-state index in [1.807, 2.05) is 0 Å². The van der Waals surface area contributed by atoms with Crippen LogP contribution in [0.2, 0.25) is 0 Å². The van der Waals surface area contributed by atoms with Crippen molar-refractivity contribution in [2.75, 3.05) is 35.6 Å². The summed E-state index contributed by atoms with van der Waals surface area (Å²) >= 11 is 0. The van der Waals surface area contributed by atoms with Gasteiger partial charge in [-0.15, -0.1) is 0 Å². The van der Waals surface area contributed by atoms with E-state index in [-0.39, 0.29) is 5.75 Å². The van der Waals surface area contributed by atoms with E-state index in [9.17, 15) is 13.2 Å². The third-order valence-corrected chi connectivity index (χ3v) is 6.49. The first-order valence-corrected chi connectivity index (χ1v) is 10.0. The molecule has 1 saturated heterocycles. The molecule has 0 bridgehead atoms. The first-order valence-electron chi connectivity index (χ1n) is 8.36. The zero-order valence-electron chi connectivity index (χ0n) is 14.2. The predicted molar refractivity (Wildman–Crippen MR) is 94.0 cm³/mol. The van der Waals surface area contributed by atoms with E-state index in [2.05, 4.69) is 9.62 Å². The summed E-state index contributed by atoms with van der Waals surface area (Å²) in [6.45, 7) is 3.35. The van der Waals surface area contributed by atoms with Gasteiger partial charge in [0, 0.05) is 13.1 Å².